The molecule has 0 aliphatic rings. The first-order chi connectivity index (χ1) is 11.9. The van der Waals surface area contributed by atoms with Crippen LogP contribution >= 0.6 is 0 Å². The number of hydrogen-bond acceptors (Lipinski definition) is 0. The van der Waals surface area contributed by atoms with Crippen molar-refractivity contribution in [2.24, 2.45) is 0 Å². The highest BCUT2D eigenvalue weighted by molar-refractivity contribution is 5.18. The fraction of sp³-hybridized carbons (Fsp3) is 0.500. The highest BCUT2D eigenvalue weighted by Gasteiger charge is 1.91. The van der Waals surface area contributed by atoms with E-state index in [2.05, 4.69) is 31.2 Å². The molecule has 0 aliphatic carbocycles. The molecule has 0 fully saturated rings. The monoisotopic (exact) mass is 325 g/mol. The number of unbranched alkanes of at least 4 members (excludes halogenated alkanes) is 10. The van der Waals surface area contributed by atoms with E-state index in [9.17, 15) is 0 Å². The van der Waals surface area contributed by atoms with Crippen molar-refractivity contribution in [1.82, 2.24) is 0 Å². The normalized spacial score (nSPS) is 12.7. The van der Waals surface area contributed by atoms with Crippen LogP contribution in [0.15, 0.2) is 66.8 Å². The minimum Gasteiger partial charge on any atom is -0.0845 e. The quantitative estimate of drug-likeness (QED) is 0.199. The molecule has 0 aromatic rings. The number of rotatable bonds is 16. The van der Waals surface area contributed by atoms with Crippen molar-refractivity contribution in [3.8, 4) is 0 Å². The van der Waals surface area contributed by atoms with Gasteiger partial charge in [0.05, 0.1) is 0 Å². The van der Waals surface area contributed by atoms with Crippen molar-refractivity contribution in [1.29, 1.82) is 0 Å². The molecule has 0 unspecified atom stereocenters. The van der Waals surface area contributed by atoms with Crippen LogP contribution in [0.2, 0.25) is 0 Å². The Bertz CT molecular complexity index is 390. The van der Waals surface area contributed by atoms with Crippen LogP contribution in [0.1, 0.15) is 77.6 Å². The molecule has 133 valence electrons. The summed E-state index contributed by atoms with van der Waals surface area (Å²) in [7, 11) is 0. The van der Waals surface area contributed by atoms with Crippen LogP contribution in [0.3, 0.4) is 0 Å². The molecule has 0 heterocycles. The van der Waals surface area contributed by atoms with E-state index >= 15 is 0 Å². The van der Waals surface area contributed by atoms with E-state index in [0.29, 0.717) is 0 Å². The zero-order chi connectivity index (χ0) is 17.6. The number of allylic oxidation sites excluding steroid dienone is 11. The average molecular weight is 326 g/mol. The predicted octanol–water partition coefficient (Wildman–Crippen LogP) is 8.07. The molecular weight excluding hydrogens is 288 g/mol. The van der Waals surface area contributed by atoms with Gasteiger partial charge in [-0.3, -0.25) is 0 Å². The molecule has 0 aromatic heterocycles. The van der Waals surface area contributed by atoms with E-state index < -0.39 is 0 Å². The van der Waals surface area contributed by atoms with Gasteiger partial charge in [-0.05, 0) is 12.8 Å². The highest BCUT2D eigenvalue weighted by atomic mass is 14.0. The van der Waals surface area contributed by atoms with E-state index in [1.165, 1.54) is 76.7 Å². The third-order valence-electron chi connectivity index (χ3n) is 3.86. The van der Waals surface area contributed by atoms with Crippen molar-refractivity contribution in [3.05, 3.63) is 73.4 Å². The largest absolute Gasteiger partial charge is 0.0845 e. The Morgan fingerprint density at radius 3 is 1.42 bits per heavy atom. The summed E-state index contributed by atoms with van der Waals surface area (Å²) < 4.78 is 0. The Labute approximate surface area is 151 Å². The molecule has 24 heavy (non-hydrogen) atoms. The summed E-state index contributed by atoms with van der Waals surface area (Å²) in [5.74, 6) is 0. The Balaban J connectivity index is 3.35. The Morgan fingerprint density at radius 1 is 0.500 bits per heavy atom. The van der Waals surface area contributed by atoms with Gasteiger partial charge in [-0.25, -0.2) is 0 Å². The molecule has 0 nitrogen and oxygen atoms in total. The summed E-state index contributed by atoms with van der Waals surface area (Å²) >= 11 is 0. The summed E-state index contributed by atoms with van der Waals surface area (Å²) in [4.78, 5) is 0. The summed E-state index contributed by atoms with van der Waals surface area (Å²) in [5.41, 5.74) is 0. The van der Waals surface area contributed by atoms with E-state index in [-0.39, 0.29) is 0 Å². The Hall–Kier alpha value is -1.56. The van der Waals surface area contributed by atoms with E-state index in [1.807, 2.05) is 30.4 Å². The molecule has 0 heteroatoms. The van der Waals surface area contributed by atoms with Crippen LogP contribution in [0.25, 0.3) is 0 Å². The smallest absolute Gasteiger partial charge is 0.0348 e. The van der Waals surface area contributed by atoms with E-state index in [0.717, 1.165) is 0 Å². The summed E-state index contributed by atoms with van der Waals surface area (Å²) in [6, 6.07) is 0. The Morgan fingerprint density at radius 2 is 0.917 bits per heavy atom. The topological polar surface area (TPSA) is 0 Å². The maximum atomic E-state index is 5.23. The molecule has 0 rings (SSSR count). The van der Waals surface area contributed by atoms with Crippen LogP contribution in [0.4, 0.5) is 0 Å². The van der Waals surface area contributed by atoms with Gasteiger partial charge in [0.1, 0.15) is 0 Å². The molecule has 0 aromatic carbocycles. The van der Waals surface area contributed by atoms with Crippen molar-refractivity contribution >= 4 is 0 Å². The van der Waals surface area contributed by atoms with Gasteiger partial charge in [0.2, 0.25) is 0 Å². The molecule has 0 amide bonds. The molecule has 0 spiro atoms. The summed E-state index contributed by atoms with van der Waals surface area (Å²) in [5, 5.41) is 0. The fourth-order valence-corrected chi connectivity index (χ4v) is 2.44. The highest BCUT2D eigenvalue weighted by Crippen LogP contribution is 2.11. The maximum Gasteiger partial charge on any atom is -0.0348 e. The number of hydrogen-bond donors (Lipinski definition) is 0. The SMILES string of the molecule is [CH]=C/C=C/C=C/C=C/C=C/C=C/CCCCCCCCCCCC. The van der Waals surface area contributed by atoms with Gasteiger partial charge < -0.3 is 0 Å². The predicted molar refractivity (Wildman–Crippen MR) is 111 cm³/mol. The first kappa shape index (κ1) is 22.4. The zero-order valence-corrected chi connectivity index (χ0v) is 15.7. The fourth-order valence-electron chi connectivity index (χ4n) is 2.44. The van der Waals surface area contributed by atoms with E-state index in [1.54, 1.807) is 6.08 Å². The van der Waals surface area contributed by atoms with Crippen molar-refractivity contribution in [2.45, 2.75) is 77.6 Å². The molecular formula is C24H37. The first-order valence-corrected chi connectivity index (χ1v) is 9.78. The molecule has 0 N–H and O–H groups in total. The molecule has 0 atom stereocenters. The molecule has 0 saturated heterocycles. The van der Waals surface area contributed by atoms with Crippen molar-refractivity contribution < 1.29 is 0 Å². The zero-order valence-electron chi connectivity index (χ0n) is 15.7. The molecule has 0 bridgehead atoms. The minimum absolute atomic E-state index is 1.20. The van der Waals surface area contributed by atoms with Gasteiger partial charge in [-0.1, -0.05) is 138 Å². The second-order valence-electron chi connectivity index (χ2n) is 6.13. The molecule has 0 saturated carbocycles. The van der Waals surface area contributed by atoms with Crippen LogP contribution < -0.4 is 0 Å². The van der Waals surface area contributed by atoms with Crippen molar-refractivity contribution in [2.75, 3.05) is 0 Å². The van der Waals surface area contributed by atoms with Gasteiger partial charge in [0.25, 0.3) is 0 Å². The van der Waals surface area contributed by atoms with Gasteiger partial charge >= 0.3 is 0 Å². The first-order valence-electron chi connectivity index (χ1n) is 9.78. The molecule has 0 aliphatic heterocycles. The van der Waals surface area contributed by atoms with Gasteiger partial charge in [-0.2, -0.15) is 0 Å². The third-order valence-corrected chi connectivity index (χ3v) is 3.86. The Kier molecular flexibility index (Phi) is 20.0. The minimum atomic E-state index is 1.20. The lowest BCUT2D eigenvalue weighted by atomic mass is 10.1. The lowest BCUT2D eigenvalue weighted by Gasteiger charge is -2.01. The van der Waals surface area contributed by atoms with Gasteiger partial charge in [-0.15, -0.1) is 0 Å². The van der Waals surface area contributed by atoms with E-state index in [4.69, 9.17) is 6.58 Å². The third kappa shape index (κ3) is 20.4. The standard InChI is InChI=1S/C24H37/c1-3-5-7-9-11-13-15-17-19-21-23-24-22-20-18-16-14-12-10-8-6-4-2/h1,3,5,7,9,11,13,15,17,19,21,23H,4,6,8,10,12,14,16,18,20,22,24H2,2H3/b3-1?,7-5+,11-9+,15-13+,19-17+,23-21+. The second kappa shape index (κ2) is 21.4. The average Bonchev–Trinajstić information content (AvgIpc) is 2.60. The lowest BCUT2D eigenvalue weighted by Crippen LogP contribution is -1.81. The summed E-state index contributed by atoms with van der Waals surface area (Å²) in [6.45, 7) is 7.51. The van der Waals surface area contributed by atoms with Gasteiger partial charge in [0, 0.05) is 0 Å². The van der Waals surface area contributed by atoms with Crippen molar-refractivity contribution in [3.63, 3.8) is 0 Å². The van der Waals surface area contributed by atoms with Gasteiger partial charge in [0.15, 0.2) is 0 Å². The van der Waals surface area contributed by atoms with Crippen LogP contribution in [0, 0.1) is 6.58 Å². The maximum absolute atomic E-state index is 5.23. The van der Waals surface area contributed by atoms with Crippen LogP contribution in [-0.4, -0.2) is 0 Å². The lowest BCUT2D eigenvalue weighted by molar-refractivity contribution is 0.557. The summed E-state index contributed by atoms with van der Waals surface area (Å²) in [6.07, 6.45) is 37.0. The second-order valence-corrected chi connectivity index (χ2v) is 6.13. The molecule has 1 radical (unpaired) electrons. The van der Waals surface area contributed by atoms with Crippen LogP contribution in [0.5, 0.6) is 0 Å². The van der Waals surface area contributed by atoms with Crippen LogP contribution in [-0.2, 0) is 0 Å².